The van der Waals surface area contributed by atoms with Gasteiger partial charge in [0.1, 0.15) is 5.82 Å². The topological polar surface area (TPSA) is 65.6 Å². The lowest BCUT2D eigenvalue weighted by Crippen LogP contribution is -2.12. The highest BCUT2D eigenvalue weighted by molar-refractivity contribution is 5.84. The van der Waals surface area contributed by atoms with Crippen LogP contribution in [0.4, 0.5) is 11.5 Å². The smallest absolute Gasteiger partial charge is 0.131 e. The van der Waals surface area contributed by atoms with E-state index in [2.05, 4.69) is 39.7 Å². The van der Waals surface area contributed by atoms with Crippen molar-refractivity contribution >= 4 is 11.5 Å². The van der Waals surface area contributed by atoms with Crippen LogP contribution in [0.5, 0.6) is 0 Å². The van der Waals surface area contributed by atoms with Crippen molar-refractivity contribution in [2.24, 2.45) is 0 Å². The second-order valence-corrected chi connectivity index (χ2v) is 5.26. The first-order valence-electron chi connectivity index (χ1n) is 6.69. The van der Waals surface area contributed by atoms with Gasteiger partial charge in [0, 0.05) is 41.2 Å². The van der Waals surface area contributed by atoms with Crippen molar-refractivity contribution in [3.63, 3.8) is 0 Å². The minimum atomic E-state index is 0.387. The van der Waals surface area contributed by atoms with Crippen molar-refractivity contribution in [1.82, 2.24) is 15.2 Å². The molecular weight excluding hydrogens is 238 g/mol. The predicted octanol–water partition coefficient (Wildman–Crippen LogP) is 2.57. The summed E-state index contributed by atoms with van der Waals surface area (Å²) in [6, 6.07) is 0.387. The monoisotopic (exact) mass is 257 g/mol. The number of nitrogens with one attached hydrogen (secondary N) is 3. The van der Waals surface area contributed by atoms with Gasteiger partial charge in [-0.05, 0) is 27.2 Å². The van der Waals surface area contributed by atoms with Gasteiger partial charge in [-0.1, -0.05) is 0 Å². The molecule has 3 rings (SSSR count). The summed E-state index contributed by atoms with van der Waals surface area (Å²) in [5.41, 5.74) is 5.79. The van der Waals surface area contributed by atoms with E-state index in [1.165, 1.54) is 11.3 Å². The molecule has 0 saturated carbocycles. The molecule has 5 heteroatoms. The Balaban J connectivity index is 2.16. The van der Waals surface area contributed by atoms with Crippen LogP contribution in [0.3, 0.4) is 0 Å². The molecule has 100 valence electrons. The van der Waals surface area contributed by atoms with Gasteiger partial charge in [-0.15, -0.1) is 0 Å². The molecule has 0 saturated heterocycles. The van der Waals surface area contributed by atoms with Crippen LogP contribution in [0, 0.1) is 6.92 Å². The van der Waals surface area contributed by atoms with Gasteiger partial charge < -0.3 is 10.6 Å². The first-order chi connectivity index (χ1) is 9.16. The Morgan fingerprint density at radius 3 is 2.79 bits per heavy atom. The molecular formula is C14H19N5. The largest absolute Gasteiger partial charge is 0.382 e. The summed E-state index contributed by atoms with van der Waals surface area (Å²) in [6.45, 7) is 7.30. The molecule has 0 fully saturated rings. The quantitative estimate of drug-likeness (QED) is 0.790. The Bertz CT molecular complexity index is 600. The Morgan fingerprint density at radius 2 is 2.11 bits per heavy atom. The molecule has 0 bridgehead atoms. The van der Waals surface area contributed by atoms with Crippen LogP contribution in [-0.4, -0.2) is 27.8 Å². The maximum Gasteiger partial charge on any atom is 0.131 e. The molecule has 0 aliphatic carbocycles. The SMILES string of the molecule is Cc1[nH]ncc1-c1cnc2c(c1NC(C)C)CCN2. The number of aryl methyl sites for hydroxylation is 1. The molecule has 0 unspecified atom stereocenters. The summed E-state index contributed by atoms with van der Waals surface area (Å²) in [7, 11) is 0. The van der Waals surface area contributed by atoms with E-state index in [0.717, 1.165) is 35.6 Å². The van der Waals surface area contributed by atoms with E-state index < -0.39 is 0 Å². The number of rotatable bonds is 3. The fraction of sp³-hybridized carbons (Fsp3) is 0.429. The normalized spacial score (nSPS) is 13.5. The molecule has 0 radical (unpaired) electrons. The summed E-state index contributed by atoms with van der Waals surface area (Å²) >= 11 is 0. The first kappa shape index (κ1) is 12.0. The highest BCUT2D eigenvalue weighted by Crippen LogP contribution is 2.37. The second kappa shape index (κ2) is 4.57. The first-order valence-corrected chi connectivity index (χ1v) is 6.69. The van der Waals surface area contributed by atoms with Gasteiger partial charge >= 0.3 is 0 Å². The molecule has 5 nitrogen and oxygen atoms in total. The van der Waals surface area contributed by atoms with E-state index in [0.29, 0.717) is 6.04 Å². The van der Waals surface area contributed by atoms with Crippen LogP contribution in [0.25, 0.3) is 11.1 Å². The van der Waals surface area contributed by atoms with Crippen molar-refractivity contribution in [3.8, 4) is 11.1 Å². The molecule has 2 aromatic heterocycles. The number of anilines is 2. The second-order valence-electron chi connectivity index (χ2n) is 5.26. The van der Waals surface area contributed by atoms with Crippen molar-refractivity contribution < 1.29 is 0 Å². The van der Waals surface area contributed by atoms with E-state index >= 15 is 0 Å². The maximum absolute atomic E-state index is 4.53. The van der Waals surface area contributed by atoms with Crippen molar-refractivity contribution in [1.29, 1.82) is 0 Å². The average molecular weight is 257 g/mol. The summed E-state index contributed by atoms with van der Waals surface area (Å²) < 4.78 is 0. The Morgan fingerprint density at radius 1 is 1.26 bits per heavy atom. The van der Waals surface area contributed by atoms with Crippen LogP contribution in [0.15, 0.2) is 12.4 Å². The number of H-pyrrole nitrogens is 1. The molecule has 0 atom stereocenters. The Kier molecular flexibility index (Phi) is 2.89. The van der Waals surface area contributed by atoms with Crippen molar-refractivity contribution in [2.45, 2.75) is 33.2 Å². The van der Waals surface area contributed by atoms with Crippen LogP contribution in [0.2, 0.25) is 0 Å². The molecule has 0 spiro atoms. The zero-order chi connectivity index (χ0) is 13.4. The minimum absolute atomic E-state index is 0.387. The van der Waals surface area contributed by atoms with Crippen LogP contribution >= 0.6 is 0 Å². The van der Waals surface area contributed by atoms with Crippen LogP contribution in [0.1, 0.15) is 25.1 Å². The third-order valence-electron chi connectivity index (χ3n) is 3.40. The number of aromatic nitrogens is 3. The summed E-state index contributed by atoms with van der Waals surface area (Å²) in [6.07, 6.45) is 4.81. The molecule has 1 aliphatic heterocycles. The predicted molar refractivity (Wildman–Crippen MR) is 77.5 cm³/mol. The molecule has 3 N–H and O–H groups in total. The number of hydrogen-bond donors (Lipinski definition) is 3. The third-order valence-corrected chi connectivity index (χ3v) is 3.40. The number of hydrogen-bond acceptors (Lipinski definition) is 4. The minimum Gasteiger partial charge on any atom is -0.382 e. The summed E-state index contributed by atoms with van der Waals surface area (Å²) in [5, 5.41) is 14.0. The van der Waals surface area contributed by atoms with Gasteiger partial charge in [0.25, 0.3) is 0 Å². The fourth-order valence-electron chi connectivity index (χ4n) is 2.53. The number of aromatic amines is 1. The van der Waals surface area contributed by atoms with Gasteiger partial charge in [0.05, 0.1) is 11.9 Å². The molecule has 0 aromatic carbocycles. The van der Waals surface area contributed by atoms with Gasteiger partial charge in [-0.25, -0.2) is 4.98 Å². The number of nitrogens with zero attached hydrogens (tertiary/aromatic N) is 2. The molecule has 19 heavy (non-hydrogen) atoms. The maximum atomic E-state index is 4.53. The average Bonchev–Trinajstić information content (AvgIpc) is 2.97. The lowest BCUT2D eigenvalue weighted by Gasteiger charge is -2.17. The molecule has 2 aromatic rings. The standard InChI is InChI=1S/C14H19N5/c1-8(2)18-13-10-4-5-15-14(10)16-6-12(13)11-7-17-19-9(11)3/h6-8H,4-5H2,1-3H3,(H,17,19)(H2,15,16,18). The van der Waals surface area contributed by atoms with Crippen LogP contribution in [-0.2, 0) is 6.42 Å². The van der Waals surface area contributed by atoms with Gasteiger partial charge in [-0.2, -0.15) is 5.10 Å². The van der Waals surface area contributed by atoms with Crippen molar-refractivity contribution in [2.75, 3.05) is 17.2 Å². The van der Waals surface area contributed by atoms with E-state index in [1.54, 1.807) is 0 Å². The summed E-state index contributed by atoms with van der Waals surface area (Å²) in [4.78, 5) is 4.53. The third kappa shape index (κ3) is 2.05. The zero-order valence-corrected chi connectivity index (χ0v) is 11.5. The van der Waals surface area contributed by atoms with E-state index in [9.17, 15) is 0 Å². The summed E-state index contributed by atoms with van der Waals surface area (Å²) in [5.74, 6) is 1.01. The fourth-order valence-corrected chi connectivity index (χ4v) is 2.53. The van der Waals surface area contributed by atoms with Gasteiger partial charge in [0.15, 0.2) is 0 Å². The number of pyridine rings is 1. The van der Waals surface area contributed by atoms with Crippen molar-refractivity contribution in [3.05, 3.63) is 23.7 Å². The van der Waals surface area contributed by atoms with Gasteiger partial charge in [0.2, 0.25) is 0 Å². The van der Waals surface area contributed by atoms with E-state index in [4.69, 9.17) is 0 Å². The van der Waals surface area contributed by atoms with Gasteiger partial charge in [-0.3, -0.25) is 5.10 Å². The molecule has 3 heterocycles. The Labute approximate surface area is 112 Å². The lowest BCUT2D eigenvalue weighted by atomic mass is 10.0. The number of fused-ring (bicyclic) bond motifs is 1. The lowest BCUT2D eigenvalue weighted by molar-refractivity contribution is 0.895. The van der Waals surface area contributed by atoms with E-state index in [1.807, 2.05) is 19.3 Å². The molecule has 0 amide bonds. The zero-order valence-electron chi connectivity index (χ0n) is 11.5. The highest BCUT2D eigenvalue weighted by atomic mass is 15.1. The Hall–Kier alpha value is -2.04. The van der Waals surface area contributed by atoms with Crippen LogP contribution < -0.4 is 10.6 Å². The van der Waals surface area contributed by atoms with E-state index in [-0.39, 0.29) is 0 Å². The highest BCUT2D eigenvalue weighted by Gasteiger charge is 2.21. The molecule has 1 aliphatic rings.